The molecule has 0 bridgehead atoms. The van der Waals surface area contributed by atoms with Gasteiger partial charge in [0.15, 0.2) is 0 Å². The first-order chi connectivity index (χ1) is 16.3. The van der Waals surface area contributed by atoms with Gasteiger partial charge in [-0.05, 0) is 55.2 Å². The number of amides is 3. The standard InChI is InChI=1S/C26H23ClFN3O3/c1-2-17-5-10-22(21(28)13-17)30-15-23(32)31(14-18-3-8-20(27)9-4-18)26(25(30)34)11-12-29(16-26)24(33)19-6-7-19/h1,3-5,8-10,13,19H,6-7,11-12,14-16H2/t26-/m1/s1. The fourth-order valence-electron chi connectivity index (χ4n) is 4.89. The lowest BCUT2D eigenvalue weighted by Gasteiger charge is -2.47. The summed E-state index contributed by atoms with van der Waals surface area (Å²) in [6, 6.07) is 11.2. The maximum atomic E-state index is 14.9. The van der Waals surface area contributed by atoms with Crippen molar-refractivity contribution in [3.05, 3.63) is 64.4 Å². The van der Waals surface area contributed by atoms with Crippen LogP contribution in [0.5, 0.6) is 0 Å². The molecule has 3 fully saturated rings. The van der Waals surface area contributed by atoms with Crippen LogP contribution in [0.3, 0.4) is 0 Å². The Morgan fingerprint density at radius 2 is 1.91 bits per heavy atom. The van der Waals surface area contributed by atoms with Crippen LogP contribution in [-0.2, 0) is 20.9 Å². The van der Waals surface area contributed by atoms with Gasteiger partial charge in [-0.2, -0.15) is 0 Å². The Labute approximate surface area is 202 Å². The largest absolute Gasteiger partial charge is 0.339 e. The second-order valence-corrected chi connectivity index (χ2v) is 9.56. The number of carbonyl (C=O) groups excluding carboxylic acids is 3. The molecule has 3 aliphatic rings. The van der Waals surface area contributed by atoms with Crippen LogP contribution in [0, 0.1) is 24.1 Å². The molecule has 174 valence electrons. The summed E-state index contributed by atoms with van der Waals surface area (Å²) in [4.78, 5) is 44.7. The van der Waals surface area contributed by atoms with E-state index in [-0.39, 0.29) is 49.0 Å². The zero-order chi connectivity index (χ0) is 24.0. The molecule has 2 saturated heterocycles. The Hall–Kier alpha value is -3.37. The summed E-state index contributed by atoms with van der Waals surface area (Å²) < 4.78 is 14.9. The highest BCUT2D eigenvalue weighted by Gasteiger charge is 2.57. The molecule has 8 heteroatoms. The van der Waals surface area contributed by atoms with Crippen molar-refractivity contribution in [1.29, 1.82) is 0 Å². The Kier molecular flexibility index (Phi) is 5.57. The Balaban J connectivity index is 1.52. The van der Waals surface area contributed by atoms with E-state index in [1.807, 2.05) is 0 Å². The number of nitrogens with zero attached hydrogens (tertiary/aromatic N) is 3. The van der Waals surface area contributed by atoms with Crippen LogP contribution >= 0.6 is 11.6 Å². The molecule has 0 aromatic heterocycles. The van der Waals surface area contributed by atoms with Crippen molar-refractivity contribution in [2.24, 2.45) is 5.92 Å². The number of carbonyl (C=O) groups is 3. The summed E-state index contributed by atoms with van der Waals surface area (Å²) in [6.45, 7) is 0.371. The zero-order valence-corrected chi connectivity index (χ0v) is 19.2. The van der Waals surface area contributed by atoms with E-state index < -0.39 is 11.4 Å². The molecule has 0 unspecified atom stereocenters. The molecule has 0 radical (unpaired) electrons. The highest BCUT2D eigenvalue weighted by molar-refractivity contribution is 6.30. The number of piperazine rings is 1. The molecule has 34 heavy (non-hydrogen) atoms. The van der Waals surface area contributed by atoms with Crippen molar-refractivity contribution >= 4 is 35.0 Å². The first-order valence-corrected chi connectivity index (χ1v) is 11.6. The van der Waals surface area contributed by atoms with Gasteiger partial charge in [0.2, 0.25) is 11.8 Å². The number of halogens is 2. The first-order valence-electron chi connectivity index (χ1n) is 11.2. The quantitative estimate of drug-likeness (QED) is 0.633. The van der Waals surface area contributed by atoms with E-state index in [1.165, 1.54) is 17.0 Å². The minimum atomic E-state index is -1.27. The summed E-state index contributed by atoms with van der Waals surface area (Å²) in [6.07, 6.45) is 7.36. The van der Waals surface area contributed by atoms with Crippen molar-refractivity contribution in [2.45, 2.75) is 31.3 Å². The third-order valence-corrected chi connectivity index (χ3v) is 7.15. The topological polar surface area (TPSA) is 60.9 Å². The zero-order valence-electron chi connectivity index (χ0n) is 18.5. The van der Waals surface area contributed by atoms with Gasteiger partial charge in [-0.3, -0.25) is 19.3 Å². The molecule has 3 amide bonds. The lowest BCUT2D eigenvalue weighted by Crippen LogP contribution is -2.69. The van der Waals surface area contributed by atoms with E-state index in [4.69, 9.17) is 18.0 Å². The van der Waals surface area contributed by atoms with E-state index in [1.54, 1.807) is 40.1 Å². The molecule has 2 heterocycles. The normalized spacial score (nSPS) is 22.4. The highest BCUT2D eigenvalue weighted by Crippen LogP contribution is 2.40. The van der Waals surface area contributed by atoms with E-state index in [0.717, 1.165) is 18.4 Å². The number of hydrogen-bond donors (Lipinski definition) is 0. The van der Waals surface area contributed by atoms with E-state index in [0.29, 0.717) is 23.6 Å². The summed E-state index contributed by atoms with van der Waals surface area (Å²) in [5.74, 6) is 1.02. The van der Waals surface area contributed by atoms with Crippen molar-refractivity contribution in [1.82, 2.24) is 9.80 Å². The molecular formula is C26H23ClFN3O3. The summed E-state index contributed by atoms with van der Waals surface area (Å²) in [7, 11) is 0. The van der Waals surface area contributed by atoms with Gasteiger partial charge in [0.25, 0.3) is 5.91 Å². The number of rotatable bonds is 4. The van der Waals surface area contributed by atoms with Crippen molar-refractivity contribution in [2.75, 3.05) is 24.5 Å². The summed E-state index contributed by atoms with van der Waals surface area (Å²) in [5.41, 5.74) is -0.0977. The SMILES string of the molecule is C#Cc1ccc(N2CC(=O)N(Cc3ccc(Cl)cc3)[C@@]3(CCN(C(=O)C4CC4)C3)C2=O)c(F)c1. The van der Waals surface area contributed by atoms with Gasteiger partial charge in [0, 0.05) is 29.6 Å². The molecule has 6 nitrogen and oxygen atoms in total. The maximum Gasteiger partial charge on any atom is 0.255 e. The van der Waals surface area contributed by atoms with Crippen LogP contribution in [0.1, 0.15) is 30.4 Å². The molecule has 1 aliphatic carbocycles. The highest BCUT2D eigenvalue weighted by atomic mass is 35.5. The summed E-state index contributed by atoms with van der Waals surface area (Å²) in [5, 5.41) is 0.568. The maximum absolute atomic E-state index is 14.9. The van der Waals surface area contributed by atoms with Gasteiger partial charge in [-0.25, -0.2) is 4.39 Å². The van der Waals surface area contributed by atoms with Crippen LogP contribution < -0.4 is 4.90 Å². The van der Waals surface area contributed by atoms with E-state index in [2.05, 4.69) is 5.92 Å². The van der Waals surface area contributed by atoms with Gasteiger partial charge in [-0.15, -0.1) is 6.42 Å². The van der Waals surface area contributed by atoms with Crippen LogP contribution in [0.2, 0.25) is 5.02 Å². The second-order valence-electron chi connectivity index (χ2n) is 9.12. The number of terminal acetylenes is 1. The lowest BCUT2D eigenvalue weighted by molar-refractivity contribution is -0.151. The number of likely N-dealkylation sites (tertiary alicyclic amines) is 1. The van der Waals surface area contributed by atoms with Gasteiger partial charge < -0.3 is 9.80 Å². The molecule has 1 atom stereocenters. The number of benzene rings is 2. The van der Waals surface area contributed by atoms with Crippen molar-refractivity contribution in [3.63, 3.8) is 0 Å². The van der Waals surface area contributed by atoms with Crippen LogP contribution in [0.25, 0.3) is 0 Å². The van der Waals surface area contributed by atoms with Crippen molar-refractivity contribution < 1.29 is 18.8 Å². The average molecular weight is 480 g/mol. The minimum Gasteiger partial charge on any atom is -0.339 e. The van der Waals surface area contributed by atoms with Crippen LogP contribution in [0.15, 0.2) is 42.5 Å². The van der Waals surface area contributed by atoms with E-state index in [9.17, 15) is 18.8 Å². The number of hydrogen-bond acceptors (Lipinski definition) is 3. The van der Waals surface area contributed by atoms with Crippen molar-refractivity contribution in [3.8, 4) is 12.3 Å². The fraction of sp³-hybridized carbons (Fsp3) is 0.346. The smallest absolute Gasteiger partial charge is 0.255 e. The molecule has 2 aromatic rings. The molecule has 1 spiro atoms. The molecular weight excluding hydrogens is 457 g/mol. The Morgan fingerprint density at radius 3 is 2.56 bits per heavy atom. The lowest BCUT2D eigenvalue weighted by atomic mass is 9.89. The molecule has 2 aliphatic heterocycles. The van der Waals surface area contributed by atoms with Gasteiger partial charge in [0.05, 0.1) is 12.2 Å². The second kappa shape index (κ2) is 8.44. The fourth-order valence-corrected chi connectivity index (χ4v) is 5.01. The first kappa shape index (κ1) is 22.4. The van der Waals surface area contributed by atoms with Gasteiger partial charge in [0.1, 0.15) is 17.9 Å². The van der Waals surface area contributed by atoms with Crippen LogP contribution in [0.4, 0.5) is 10.1 Å². The molecule has 0 N–H and O–H groups in total. The van der Waals surface area contributed by atoms with Crippen LogP contribution in [-0.4, -0.2) is 52.7 Å². The third-order valence-electron chi connectivity index (χ3n) is 6.90. The summed E-state index contributed by atoms with van der Waals surface area (Å²) >= 11 is 6.01. The predicted octanol–water partition coefficient (Wildman–Crippen LogP) is 3.22. The third kappa shape index (κ3) is 3.82. The van der Waals surface area contributed by atoms with Gasteiger partial charge >= 0.3 is 0 Å². The molecule has 2 aromatic carbocycles. The monoisotopic (exact) mass is 479 g/mol. The molecule has 5 rings (SSSR count). The predicted molar refractivity (Wildman–Crippen MR) is 125 cm³/mol. The Morgan fingerprint density at radius 1 is 1.18 bits per heavy atom. The van der Waals surface area contributed by atoms with Gasteiger partial charge in [-0.1, -0.05) is 29.7 Å². The minimum absolute atomic E-state index is 0.000820. The Bertz CT molecular complexity index is 1220. The average Bonchev–Trinajstić information content (AvgIpc) is 3.59. The molecule has 1 saturated carbocycles. The van der Waals surface area contributed by atoms with E-state index >= 15 is 0 Å². The number of anilines is 1.